The fourth-order valence-electron chi connectivity index (χ4n) is 2.89. The van der Waals surface area contributed by atoms with Crippen LogP contribution < -0.4 is 10.9 Å². The zero-order valence-electron chi connectivity index (χ0n) is 15.8. The van der Waals surface area contributed by atoms with Crippen LogP contribution in [-0.4, -0.2) is 15.0 Å². The van der Waals surface area contributed by atoms with Crippen LogP contribution >= 0.6 is 0 Å². The Balaban J connectivity index is 1.71. The van der Waals surface area contributed by atoms with Crippen LogP contribution in [0.25, 0.3) is 27.9 Å². The van der Waals surface area contributed by atoms with Gasteiger partial charge in [0.05, 0.1) is 6.20 Å². The minimum Gasteiger partial charge on any atom is -0.421 e. The molecular weight excluding hydrogens is 394 g/mol. The number of nitrogens with one attached hydrogen (secondary N) is 1. The summed E-state index contributed by atoms with van der Waals surface area (Å²) in [6.45, 7) is 0. The molecule has 2 aromatic carbocycles. The van der Waals surface area contributed by atoms with Crippen molar-refractivity contribution < 1.29 is 4.42 Å². The van der Waals surface area contributed by atoms with Crippen molar-refractivity contribution in [1.82, 2.24) is 15.0 Å². The highest BCUT2D eigenvalue weighted by molar-refractivity contribution is 5.82. The Morgan fingerprint density at radius 1 is 1.00 bits per heavy atom. The summed E-state index contributed by atoms with van der Waals surface area (Å²) in [5.74, 6) is 0. The highest BCUT2D eigenvalue weighted by Crippen LogP contribution is 2.22. The first-order valence-electron chi connectivity index (χ1n) is 8.90. The number of fused-ring (bicyclic) bond motifs is 1. The SMILES string of the molecule is N#CC(C#N)=C(C#N)Nc1ccc2cc(-n3cc(-c4ccccc4)nn3)c(=O)oc2c1. The molecule has 0 amide bonds. The van der Waals surface area contributed by atoms with E-state index >= 15 is 0 Å². The zero-order chi connectivity index (χ0) is 21.8. The summed E-state index contributed by atoms with van der Waals surface area (Å²) in [4.78, 5) is 12.5. The second-order valence-electron chi connectivity index (χ2n) is 6.30. The molecule has 0 spiro atoms. The third-order valence-corrected chi connectivity index (χ3v) is 4.38. The number of rotatable bonds is 4. The van der Waals surface area contributed by atoms with Gasteiger partial charge in [-0.05, 0) is 18.2 Å². The van der Waals surface area contributed by atoms with Gasteiger partial charge >= 0.3 is 5.63 Å². The molecule has 31 heavy (non-hydrogen) atoms. The van der Waals surface area contributed by atoms with E-state index in [1.165, 1.54) is 10.7 Å². The molecular formula is C22H11N7O2. The Bertz CT molecular complexity index is 1490. The molecule has 0 saturated heterocycles. The van der Waals surface area contributed by atoms with E-state index in [1.54, 1.807) is 42.6 Å². The Morgan fingerprint density at radius 2 is 1.77 bits per heavy atom. The molecule has 0 aliphatic heterocycles. The van der Waals surface area contributed by atoms with Gasteiger partial charge in [-0.3, -0.25) is 0 Å². The molecule has 2 heterocycles. The van der Waals surface area contributed by atoms with E-state index in [0.29, 0.717) is 16.8 Å². The zero-order valence-corrected chi connectivity index (χ0v) is 15.8. The van der Waals surface area contributed by atoms with Crippen LogP contribution in [0, 0.1) is 34.0 Å². The monoisotopic (exact) mass is 405 g/mol. The summed E-state index contributed by atoms with van der Waals surface area (Å²) in [6, 6.07) is 20.9. The molecule has 146 valence electrons. The number of nitriles is 3. The van der Waals surface area contributed by atoms with Gasteiger partial charge < -0.3 is 9.73 Å². The van der Waals surface area contributed by atoms with Crippen molar-refractivity contribution in [2.45, 2.75) is 0 Å². The quantitative estimate of drug-likeness (QED) is 0.402. The first kappa shape index (κ1) is 19.1. The fraction of sp³-hybridized carbons (Fsp3) is 0. The highest BCUT2D eigenvalue weighted by atomic mass is 16.4. The summed E-state index contributed by atoms with van der Waals surface area (Å²) < 4.78 is 6.77. The van der Waals surface area contributed by atoms with E-state index in [-0.39, 0.29) is 22.5 Å². The van der Waals surface area contributed by atoms with Gasteiger partial charge in [0.1, 0.15) is 35.2 Å². The van der Waals surface area contributed by atoms with Crippen molar-refractivity contribution in [2.24, 2.45) is 0 Å². The van der Waals surface area contributed by atoms with E-state index in [1.807, 2.05) is 30.3 Å². The molecule has 4 rings (SSSR count). The number of anilines is 1. The van der Waals surface area contributed by atoms with Crippen molar-refractivity contribution in [1.29, 1.82) is 15.8 Å². The van der Waals surface area contributed by atoms with Gasteiger partial charge in [0.2, 0.25) is 0 Å². The molecule has 9 nitrogen and oxygen atoms in total. The maximum atomic E-state index is 12.5. The highest BCUT2D eigenvalue weighted by Gasteiger charge is 2.12. The molecule has 0 fully saturated rings. The summed E-state index contributed by atoms with van der Waals surface area (Å²) in [5.41, 5.74) is 1.15. The summed E-state index contributed by atoms with van der Waals surface area (Å²) in [5, 5.41) is 38.5. The van der Waals surface area contributed by atoms with Gasteiger partial charge in [0.15, 0.2) is 11.3 Å². The van der Waals surface area contributed by atoms with Crippen LogP contribution in [0.1, 0.15) is 0 Å². The standard InChI is InChI=1S/C22H11N7O2/c23-10-16(11-24)18(12-25)26-17-7-6-15-8-20(22(30)31-21(15)9-17)29-13-19(27-28-29)14-4-2-1-3-5-14/h1-9,13,26H. The molecule has 2 aromatic heterocycles. The van der Waals surface area contributed by atoms with Gasteiger partial charge in [0, 0.05) is 22.7 Å². The molecule has 0 aliphatic rings. The fourth-order valence-corrected chi connectivity index (χ4v) is 2.89. The first-order chi connectivity index (χ1) is 15.1. The summed E-state index contributed by atoms with van der Waals surface area (Å²) in [7, 11) is 0. The molecule has 1 N–H and O–H groups in total. The van der Waals surface area contributed by atoms with Gasteiger partial charge in [-0.15, -0.1) is 5.10 Å². The van der Waals surface area contributed by atoms with Crippen LogP contribution in [0.3, 0.4) is 0 Å². The van der Waals surface area contributed by atoms with E-state index < -0.39 is 5.63 Å². The Kier molecular flexibility index (Phi) is 4.96. The largest absolute Gasteiger partial charge is 0.421 e. The van der Waals surface area contributed by atoms with E-state index in [0.717, 1.165) is 5.56 Å². The molecule has 0 radical (unpaired) electrons. The minimum absolute atomic E-state index is 0.191. The van der Waals surface area contributed by atoms with Crippen molar-refractivity contribution >= 4 is 16.7 Å². The van der Waals surface area contributed by atoms with Gasteiger partial charge in [-0.1, -0.05) is 35.5 Å². The number of aromatic nitrogens is 3. The Labute approximate surface area is 175 Å². The summed E-state index contributed by atoms with van der Waals surface area (Å²) in [6.07, 6.45) is 1.64. The average molecular weight is 405 g/mol. The van der Waals surface area contributed by atoms with Gasteiger partial charge in [0.25, 0.3) is 0 Å². The van der Waals surface area contributed by atoms with Gasteiger partial charge in [-0.25, -0.2) is 9.48 Å². The number of benzene rings is 2. The first-order valence-corrected chi connectivity index (χ1v) is 8.90. The van der Waals surface area contributed by atoms with Gasteiger partial charge in [-0.2, -0.15) is 15.8 Å². The number of nitrogens with zero attached hydrogens (tertiary/aromatic N) is 6. The lowest BCUT2D eigenvalue weighted by molar-refractivity contribution is 0.551. The van der Waals surface area contributed by atoms with Crippen molar-refractivity contribution in [3.63, 3.8) is 0 Å². The number of hydrogen-bond donors (Lipinski definition) is 1. The third kappa shape index (κ3) is 3.73. The molecule has 0 bridgehead atoms. The lowest BCUT2D eigenvalue weighted by Crippen LogP contribution is -2.10. The normalized spacial score (nSPS) is 9.97. The van der Waals surface area contributed by atoms with Crippen LogP contribution in [-0.2, 0) is 0 Å². The molecule has 0 saturated carbocycles. The maximum Gasteiger partial charge on any atom is 0.362 e. The molecule has 0 aliphatic carbocycles. The lowest BCUT2D eigenvalue weighted by Gasteiger charge is -2.06. The number of allylic oxidation sites excluding steroid dienone is 2. The predicted molar refractivity (Wildman–Crippen MR) is 110 cm³/mol. The maximum absolute atomic E-state index is 12.5. The second kappa shape index (κ2) is 8.04. The van der Waals surface area contributed by atoms with Crippen LogP contribution in [0.5, 0.6) is 0 Å². The topological polar surface area (TPSA) is 144 Å². The minimum atomic E-state index is -0.625. The van der Waals surface area contributed by atoms with Crippen molar-refractivity contribution in [2.75, 3.05) is 5.32 Å². The van der Waals surface area contributed by atoms with Crippen LogP contribution in [0.4, 0.5) is 5.69 Å². The summed E-state index contributed by atoms with van der Waals surface area (Å²) >= 11 is 0. The molecule has 0 unspecified atom stereocenters. The van der Waals surface area contributed by atoms with Crippen molar-refractivity contribution in [3.8, 4) is 35.2 Å². The molecule has 9 heteroatoms. The lowest BCUT2D eigenvalue weighted by atomic mass is 10.2. The van der Waals surface area contributed by atoms with Crippen molar-refractivity contribution in [3.05, 3.63) is 82.5 Å². The van der Waals surface area contributed by atoms with E-state index in [2.05, 4.69) is 15.6 Å². The number of hydrogen-bond acceptors (Lipinski definition) is 8. The van der Waals surface area contributed by atoms with Crippen LogP contribution in [0.2, 0.25) is 0 Å². The predicted octanol–water partition coefficient (Wildman–Crippen LogP) is 3.28. The average Bonchev–Trinajstić information content (AvgIpc) is 3.29. The molecule has 0 atom stereocenters. The molecule has 4 aromatic rings. The van der Waals surface area contributed by atoms with E-state index in [4.69, 9.17) is 20.2 Å². The Hall–Kier alpha value is -5.20. The van der Waals surface area contributed by atoms with Crippen LogP contribution in [0.15, 0.2) is 81.3 Å². The third-order valence-electron chi connectivity index (χ3n) is 4.38. The van der Waals surface area contributed by atoms with E-state index in [9.17, 15) is 4.79 Å². The second-order valence-corrected chi connectivity index (χ2v) is 6.30. The Morgan fingerprint density at radius 3 is 2.48 bits per heavy atom. The smallest absolute Gasteiger partial charge is 0.362 e.